The van der Waals surface area contributed by atoms with E-state index < -0.39 is 11.7 Å². The molecule has 1 aliphatic heterocycles. The first-order valence-electron chi connectivity index (χ1n) is 9.31. The summed E-state index contributed by atoms with van der Waals surface area (Å²) in [5.41, 5.74) is -0.158. The quantitative estimate of drug-likeness (QED) is 0.749. The number of amides is 1. The van der Waals surface area contributed by atoms with Gasteiger partial charge < -0.3 is 4.90 Å². The van der Waals surface area contributed by atoms with E-state index >= 15 is 0 Å². The highest BCUT2D eigenvalue weighted by molar-refractivity contribution is 5.78. The Morgan fingerprint density at radius 2 is 2.00 bits per heavy atom. The molecule has 26 heavy (non-hydrogen) atoms. The van der Waals surface area contributed by atoms with Crippen molar-refractivity contribution in [3.8, 4) is 0 Å². The van der Waals surface area contributed by atoms with Crippen molar-refractivity contribution < 1.29 is 18.0 Å². The molecule has 0 saturated carbocycles. The van der Waals surface area contributed by atoms with Gasteiger partial charge in [0.1, 0.15) is 0 Å². The van der Waals surface area contributed by atoms with E-state index in [4.69, 9.17) is 0 Å². The number of piperidine rings is 1. The predicted molar refractivity (Wildman–Crippen MR) is 96.8 cm³/mol. The number of likely N-dealkylation sites (tertiary alicyclic amines) is 1. The van der Waals surface area contributed by atoms with Gasteiger partial charge in [0.15, 0.2) is 0 Å². The second-order valence-electron chi connectivity index (χ2n) is 7.54. The lowest BCUT2D eigenvalue weighted by Crippen LogP contribution is -2.45. The van der Waals surface area contributed by atoms with E-state index in [1.54, 1.807) is 17.0 Å². The van der Waals surface area contributed by atoms with Crippen LogP contribution in [0.2, 0.25) is 0 Å². The Morgan fingerprint density at radius 1 is 1.31 bits per heavy atom. The maximum atomic E-state index is 13.1. The van der Waals surface area contributed by atoms with Gasteiger partial charge in [-0.25, -0.2) is 0 Å². The molecule has 0 aliphatic carbocycles. The number of hydrogen-bond donors (Lipinski definition) is 0. The maximum absolute atomic E-state index is 13.1. The first-order valence-corrected chi connectivity index (χ1v) is 9.31. The van der Waals surface area contributed by atoms with Crippen molar-refractivity contribution in [2.75, 3.05) is 26.7 Å². The number of carbonyl (C=O) groups excluding carboxylic acids is 1. The van der Waals surface area contributed by atoms with Crippen molar-refractivity contribution in [2.45, 2.75) is 51.7 Å². The van der Waals surface area contributed by atoms with Crippen LogP contribution in [-0.2, 0) is 17.4 Å². The van der Waals surface area contributed by atoms with E-state index in [0.717, 1.165) is 38.4 Å². The van der Waals surface area contributed by atoms with Crippen LogP contribution in [0.4, 0.5) is 13.2 Å². The molecule has 0 radical (unpaired) electrons. The average molecular weight is 370 g/mol. The lowest BCUT2D eigenvalue weighted by Gasteiger charge is -2.34. The number of aryl methyl sites for hydroxylation is 1. The number of halogens is 3. The molecule has 6 heteroatoms. The second kappa shape index (κ2) is 8.89. The van der Waals surface area contributed by atoms with E-state index in [2.05, 4.69) is 4.90 Å². The highest BCUT2D eigenvalue weighted by Gasteiger charge is 2.33. The van der Waals surface area contributed by atoms with Crippen molar-refractivity contribution in [1.29, 1.82) is 0 Å². The summed E-state index contributed by atoms with van der Waals surface area (Å²) >= 11 is 0. The molecule has 1 amide bonds. The van der Waals surface area contributed by atoms with Crippen LogP contribution < -0.4 is 0 Å². The normalized spacial score (nSPS) is 19.0. The van der Waals surface area contributed by atoms with Gasteiger partial charge in [0.2, 0.25) is 5.91 Å². The summed E-state index contributed by atoms with van der Waals surface area (Å²) in [6.07, 6.45) is -1.15. The Kier molecular flexibility index (Phi) is 7.09. The third-order valence-corrected chi connectivity index (χ3v) is 5.27. The van der Waals surface area contributed by atoms with Crippen molar-refractivity contribution in [3.63, 3.8) is 0 Å². The van der Waals surface area contributed by atoms with Crippen molar-refractivity contribution >= 4 is 5.91 Å². The zero-order valence-electron chi connectivity index (χ0n) is 15.9. The number of likely N-dealkylation sites (N-methyl/N-ethyl adjacent to an activating group) is 1. The standard InChI is InChI=1S/C20H29F3N2O/c1-15(2)24(3)19(26)14-25-12-6-7-16(13-25)10-11-17-8-4-5-9-18(17)20(21,22)23/h4-5,8-9,15-16H,6-7,10-14H2,1-3H3/t16-/m1/s1. The van der Waals surface area contributed by atoms with Gasteiger partial charge in [-0.3, -0.25) is 9.69 Å². The average Bonchev–Trinajstić information content (AvgIpc) is 2.59. The Labute approximate surface area is 154 Å². The van der Waals surface area contributed by atoms with Gasteiger partial charge in [0.25, 0.3) is 0 Å². The number of nitrogens with zero attached hydrogens (tertiary/aromatic N) is 2. The molecule has 0 spiro atoms. The molecular formula is C20H29F3N2O. The highest BCUT2D eigenvalue weighted by Crippen LogP contribution is 2.33. The van der Waals surface area contributed by atoms with E-state index in [1.165, 1.54) is 6.07 Å². The van der Waals surface area contributed by atoms with Crippen LogP contribution in [0.15, 0.2) is 24.3 Å². The van der Waals surface area contributed by atoms with Crippen LogP contribution in [0.3, 0.4) is 0 Å². The summed E-state index contributed by atoms with van der Waals surface area (Å²) in [6, 6.07) is 6.00. The largest absolute Gasteiger partial charge is 0.416 e. The number of benzene rings is 1. The highest BCUT2D eigenvalue weighted by atomic mass is 19.4. The predicted octanol–water partition coefficient (Wildman–Crippen LogP) is 4.22. The first kappa shape index (κ1) is 20.7. The molecule has 1 heterocycles. The van der Waals surface area contributed by atoms with Gasteiger partial charge in [-0.2, -0.15) is 13.2 Å². The monoisotopic (exact) mass is 370 g/mol. The van der Waals surface area contributed by atoms with Crippen LogP contribution in [0.5, 0.6) is 0 Å². The molecule has 1 saturated heterocycles. The fourth-order valence-corrected chi connectivity index (χ4v) is 3.50. The number of alkyl halides is 3. The minimum Gasteiger partial charge on any atom is -0.342 e. The molecule has 1 aliphatic rings. The molecule has 1 aromatic carbocycles. The lowest BCUT2D eigenvalue weighted by atomic mass is 9.90. The van der Waals surface area contributed by atoms with Crippen molar-refractivity contribution in [1.82, 2.24) is 9.80 Å². The molecule has 2 rings (SSSR count). The Morgan fingerprint density at radius 3 is 2.65 bits per heavy atom. The van der Waals surface area contributed by atoms with Crippen molar-refractivity contribution in [3.05, 3.63) is 35.4 Å². The maximum Gasteiger partial charge on any atom is 0.416 e. The fourth-order valence-electron chi connectivity index (χ4n) is 3.50. The van der Waals surface area contributed by atoms with Gasteiger partial charge in [-0.1, -0.05) is 18.2 Å². The summed E-state index contributed by atoms with van der Waals surface area (Å²) in [7, 11) is 1.81. The molecule has 0 N–H and O–H groups in total. The van der Waals surface area contributed by atoms with E-state index in [9.17, 15) is 18.0 Å². The Hall–Kier alpha value is -1.56. The van der Waals surface area contributed by atoms with Gasteiger partial charge in [-0.15, -0.1) is 0 Å². The molecule has 0 aromatic heterocycles. The molecule has 3 nitrogen and oxygen atoms in total. The summed E-state index contributed by atoms with van der Waals surface area (Å²) in [5.74, 6) is 0.435. The molecule has 0 unspecified atom stereocenters. The molecule has 1 atom stereocenters. The minimum absolute atomic E-state index is 0.100. The fraction of sp³-hybridized carbons (Fsp3) is 0.650. The minimum atomic E-state index is -4.30. The van der Waals surface area contributed by atoms with Crippen LogP contribution in [0.25, 0.3) is 0 Å². The number of rotatable bonds is 6. The zero-order chi connectivity index (χ0) is 19.3. The van der Waals surface area contributed by atoms with Crippen LogP contribution in [0.1, 0.15) is 44.2 Å². The van der Waals surface area contributed by atoms with Gasteiger partial charge in [-0.05, 0) is 63.6 Å². The number of carbonyl (C=O) groups is 1. The van der Waals surface area contributed by atoms with E-state index in [-0.39, 0.29) is 11.9 Å². The van der Waals surface area contributed by atoms with Crippen LogP contribution in [-0.4, -0.2) is 48.4 Å². The van der Waals surface area contributed by atoms with Crippen LogP contribution >= 0.6 is 0 Å². The Bertz CT molecular complexity index is 601. The summed E-state index contributed by atoms with van der Waals surface area (Å²) in [5, 5.41) is 0. The summed E-state index contributed by atoms with van der Waals surface area (Å²) in [6.45, 7) is 6.02. The molecule has 146 valence electrons. The van der Waals surface area contributed by atoms with Crippen molar-refractivity contribution in [2.24, 2.45) is 5.92 Å². The lowest BCUT2D eigenvalue weighted by molar-refractivity contribution is -0.138. The SMILES string of the molecule is CC(C)N(C)C(=O)CN1CCC[C@H](CCc2ccccc2C(F)(F)F)C1. The molecular weight excluding hydrogens is 341 g/mol. The van der Waals surface area contributed by atoms with Gasteiger partial charge in [0, 0.05) is 19.6 Å². The number of hydrogen-bond acceptors (Lipinski definition) is 2. The summed E-state index contributed by atoms with van der Waals surface area (Å²) < 4.78 is 39.3. The first-order chi connectivity index (χ1) is 12.2. The third kappa shape index (κ3) is 5.73. The topological polar surface area (TPSA) is 23.6 Å². The van der Waals surface area contributed by atoms with E-state index in [0.29, 0.717) is 24.4 Å². The molecule has 1 fully saturated rings. The molecule has 0 bridgehead atoms. The second-order valence-corrected chi connectivity index (χ2v) is 7.54. The third-order valence-electron chi connectivity index (χ3n) is 5.27. The van der Waals surface area contributed by atoms with Gasteiger partial charge >= 0.3 is 6.18 Å². The van der Waals surface area contributed by atoms with E-state index in [1.807, 2.05) is 20.9 Å². The van der Waals surface area contributed by atoms with Gasteiger partial charge in [0.05, 0.1) is 12.1 Å². The molecule has 1 aromatic rings. The zero-order valence-corrected chi connectivity index (χ0v) is 15.9. The smallest absolute Gasteiger partial charge is 0.342 e. The van der Waals surface area contributed by atoms with Crippen LogP contribution in [0, 0.1) is 5.92 Å². The summed E-state index contributed by atoms with van der Waals surface area (Å²) in [4.78, 5) is 16.1. The Balaban J connectivity index is 1.90.